The van der Waals surface area contributed by atoms with Gasteiger partial charge in [0.05, 0.1) is 63.3 Å². The van der Waals surface area contributed by atoms with Gasteiger partial charge in [-0.25, -0.2) is 0 Å². The van der Waals surface area contributed by atoms with E-state index in [1.807, 2.05) is 106 Å². The number of unbranched alkanes of at least 4 members (excludes halogenated alkanes) is 39. The molecule has 0 saturated carbocycles. The Balaban J connectivity index is 1.51. The molecule has 22 heteroatoms. The number of benzene rings is 5. The van der Waals surface area contributed by atoms with Gasteiger partial charge in [-0.15, -0.1) is 0 Å². The summed E-state index contributed by atoms with van der Waals surface area (Å²) in [5, 5.41) is 15.9. The number of nitrogens with zero attached hydrogens (tertiary/aromatic N) is 3. The topological polar surface area (TPSA) is 299 Å². The van der Waals surface area contributed by atoms with Crippen molar-refractivity contribution < 1.29 is 66.7 Å². The average Bonchev–Trinajstić information content (AvgIpc) is 0.793. The third kappa shape index (κ3) is 53.5. The molecule has 4 amide bonds. The minimum atomic E-state index is -1.76. The van der Waals surface area contributed by atoms with Crippen LogP contribution < -0.4 is 45.9 Å². The summed E-state index contributed by atoms with van der Waals surface area (Å²) in [5.41, 5.74) is 20.7. The number of methoxy groups -OCH3 is 1. The first-order valence-electron chi connectivity index (χ1n) is 53.5. The number of rotatable bonds is 77. The second-order valence-electron chi connectivity index (χ2n) is 41.3. The third-order valence-corrected chi connectivity index (χ3v) is 25.2. The van der Waals surface area contributed by atoms with Gasteiger partial charge in [0.1, 0.15) is 52.8 Å². The number of nitrogens with two attached hydrogens (primary N) is 1. The molecule has 0 aromatic heterocycles. The lowest BCUT2D eigenvalue weighted by atomic mass is 9.95. The molecule has 22 nitrogen and oxygen atoms in total. The smallest absolute Gasteiger partial charge is 0.326 e. The van der Waals surface area contributed by atoms with Crippen LogP contribution >= 0.6 is 0 Å². The Bertz CT molecular complexity index is 4190. The zero-order valence-electron chi connectivity index (χ0n) is 88.0. The summed E-state index contributed by atoms with van der Waals surface area (Å²) in [5.74, 6) is -2.55. The molecular formula is C115H184N8O14. The zero-order chi connectivity index (χ0) is 99.9. The first-order valence-corrected chi connectivity index (χ1v) is 53.5. The molecule has 0 bridgehead atoms. The molecule has 5 aromatic rings. The number of azide groups is 1. The van der Waals surface area contributed by atoms with Crippen molar-refractivity contribution in [2.24, 2.45) is 10.8 Å². The lowest BCUT2D eigenvalue weighted by molar-refractivity contribution is -0.169. The predicted octanol–water partition coefficient (Wildman–Crippen LogP) is 27.3. The van der Waals surface area contributed by atoms with Crippen molar-refractivity contribution in [3.05, 3.63) is 153 Å². The van der Waals surface area contributed by atoms with Crippen molar-refractivity contribution in [2.45, 2.75) is 471 Å². The van der Waals surface area contributed by atoms with E-state index >= 15 is 14.4 Å². The summed E-state index contributed by atoms with van der Waals surface area (Å²) < 4.78 is 49.2. The molecule has 0 radical (unpaired) electrons. The highest BCUT2D eigenvalue weighted by Crippen LogP contribution is 2.37. The van der Waals surface area contributed by atoms with Gasteiger partial charge < -0.3 is 64.9 Å². The molecule has 0 heterocycles. The minimum Gasteiger partial charge on any atom is -0.497 e. The van der Waals surface area contributed by atoms with E-state index in [4.69, 9.17) is 49.2 Å². The maximum Gasteiger partial charge on any atom is 0.326 e. The number of carbonyl (C=O) groups is 6. The van der Waals surface area contributed by atoms with Crippen LogP contribution in [0.4, 0.5) is 0 Å². The standard InChI is InChI=1S/C115H184N8O14/c1-17-20-22-24-26-28-30-32-34-36-38-40-42-44-46-48-50-52-54-57-76-132-97-72-74-99(103(84-97)133-78-58-55-53-51-49-47-45-43-41-39-37-35-33-31-29-27-25-23-21-18-2)107(94-67-69-95(130-16)70-68-94)122-108(125)100(62-60-61-91-80-87(4)79-88(5)81-91)119-109(126)101(82-90-63-65-93(66-64-90)98-73-71-96(83-92(98)19-3)131-77-59-56-75-118-123-117)120-110(127)102(85-105(124)137-115(13,14)15)121-111(128)104(86-134-113(7,8)9)135-112(129)106(116)89(6)136-114(10,11)12/h63-74,79-81,83-84,89,100-102,104,106-107H,17-62,75-78,82,85-86,116H2,1-16H3,(H,119,126)(H,120,127)(H,121,128)(H,122,125)/t89-,100+,101+,102+,104+,106+,107?/m1/s1. The van der Waals surface area contributed by atoms with E-state index in [1.54, 1.807) is 55.6 Å². The Morgan fingerprint density at radius 3 is 1.35 bits per heavy atom. The van der Waals surface area contributed by atoms with Crippen LogP contribution in [0.25, 0.3) is 21.6 Å². The Labute approximate surface area is 827 Å². The van der Waals surface area contributed by atoms with E-state index in [-0.39, 0.29) is 12.8 Å². The molecule has 0 spiro atoms. The molecule has 0 saturated heterocycles. The molecule has 1 unspecified atom stereocenters. The maximum atomic E-state index is 16.2. The second kappa shape index (κ2) is 69.2. The number of carbonyl (C=O) groups excluding carboxylic acids is 6. The van der Waals surface area contributed by atoms with Crippen molar-refractivity contribution in [1.29, 1.82) is 0 Å². The van der Waals surface area contributed by atoms with Crippen molar-refractivity contribution in [3.63, 3.8) is 0 Å². The van der Waals surface area contributed by atoms with E-state index < -0.39 is 108 Å². The largest absolute Gasteiger partial charge is 0.497 e. The lowest BCUT2D eigenvalue weighted by Gasteiger charge is -2.30. The summed E-state index contributed by atoms with van der Waals surface area (Å²) >= 11 is 0. The molecule has 6 N–H and O–H groups in total. The number of ether oxygens (including phenoxy) is 8. The van der Waals surface area contributed by atoms with Crippen LogP contribution in [0.2, 0.25) is 0 Å². The minimum absolute atomic E-state index is 0.143. The van der Waals surface area contributed by atoms with E-state index in [0.717, 1.165) is 71.9 Å². The number of amides is 4. The fourth-order valence-electron chi connectivity index (χ4n) is 17.5. The number of nitrogens with one attached hydrogen (secondary N) is 4. The SMILES string of the molecule is CCCCCCCCCCCCCCCCCCCCCCOc1ccc(C(NC(=O)[C@H](CCCc2cc(C)cc(C)c2)NC(=O)[C@H](Cc2ccc(-c3ccc(OCCCCN=[N+]=[N-])cc3CC)cc2)NC(=O)[C@H](CC(=O)OC(C)(C)C)NC(=O)[C@H](COC(C)(C)C)OC(=O)[C@@H](N)[C@@H](C)OC(C)(C)C)c2ccc(OC)cc2)c(OCCCCCCCCCCCCCCCCCCCCCC)c1. The molecule has 768 valence electrons. The van der Waals surface area contributed by atoms with Crippen molar-refractivity contribution in [2.75, 3.05) is 40.1 Å². The van der Waals surface area contributed by atoms with E-state index in [2.05, 4.69) is 84.1 Å². The molecular weight excluding hydrogens is 1720 g/mol. The van der Waals surface area contributed by atoms with E-state index in [1.165, 1.54) is 218 Å². The zero-order valence-corrected chi connectivity index (χ0v) is 88.0. The summed E-state index contributed by atoms with van der Waals surface area (Å²) in [6.07, 6.45) is 51.5. The summed E-state index contributed by atoms with van der Waals surface area (Å²) in [6, 6.07) is 26.7. The van der Waals surface area contributed by atoms with E-state index in [0.29, 0.717) is 98.2 Å². The van der Waals surface area contributed by atoms with Gasteiger partial charge in [-0.05, 0) is 210 Å². The van der Waals surface area contributed by atoms with Crippen LogP contribution in [0, 0.1) is 13.8 Å². The van der Waals surface area contributed by atoms with Gasteiger partial charge in [0, 0.05) is 29.5 Å². The van der Waals surface area contributed by atoms with Gasteiger partial charge in [-0.3, -0.25) is 28.8 Å². The van der Waals surface area contributed by atoms with Crippen molar-refractivity contribution in [3.8, 4) is 34.1 Å². The second-order valence-corrected chi connectivity index (χ2v) is 41.3. The molecule has 137 heavy (non-hydrogen) atoms. The summed E-state index contributed by atoms with van der Waals surface area (Å²) in [4.78, 5) is 93.9. The highest BCUT2D eigenvalue weighted by Gasteiger charge is 2.38. The molecule has 5 aromatic carbocycles. The number of aryl methyl sites for hydroxylation is 4. The first-order chi connectivity index (χ1) is 65.8. The van der Waals surface area contributed by atoms with Crippen molar-refractivity contribution >= 4 is 35.6 Å². The summed E-state index contributed by atoms with van der Waals surface area (Å²) in [7, 11) is 1.61. The molecule has 7 atom stereocenters. The normalized spacial score (nSPS) is 13.3. The maximum absolute atomic E-state index is 16.2. The predicted molar refractivity (Wildman–Crippen MR) is 559 cm³/mol. The Morgan fingerprint density at radius 1 is 0.445 bits per heavy atom. The van der Waals surface area contributed by atoms with Gasteiger partial charge in [0.15, 0.2) is 0 Å². The van der Waals surface area contributed by atoms with Crippen LogP contribution in [0.5, 0.6) is 23.0 Å². The molecule has 0 aliphatic carbocycles. The molecule has 0 aliphatic heterocycles. The van der Waals surface area contributed by atoms with Gasteiger partial charge >= 0.3 is 11.9 Å². The van der Waals surface area contributed by atoms with Crippen LogP contribution in [-0.2, 0) is 67.0 Å². The lowest BCUT2D eigenvalue weighted by Crippen LogP contribution is -2.59. The Kier molecular flexibility index (Phi) is 60.0. The van der Waals surface area contributed by atoms with Crippen LogP contribution in [0.15, 0.2) is 108 Å². The Morgan fingerprint density at radius 2 is 0.883 bits per heavy atom. The quantitative estimate of drug-likeness (QED) is 0.00795. The first kappa shape index (κ1) is 119. The van der Waals surface area contributed by atoms with Crippen LogP contribution in [0.1, 0.15) is 424 Å². The van der Waals surface area contributed by atoms with Crippen molar-refractivity contribution in [1.82, 2.24) is 21.3 Å². The van der Waals surface area contributed by atoms with Gasteiger partial charge in [0.2, 0.25) is 23.8 Å². The molecule has 0 aliphatic rings. The highest BCUT2D eigenvalue weighted by atomic mass is 16.6. The number of hydrogen-bond acceptors (Lipinski definition) is 16. The van der Waals surface area contributed by atoms with E-state index in [9.17, 15) is 14.4 Å². The fourth-order valence-corrected chi connectivity index (χ4v) is 17.5. The van der Waals surface area contributed by atoms with Crippen LogP contribution in [-0.4, -0.2) is 129 Å². The van der Waals surface area contributed by atoms with Gasteiger partial charge in [-0.1, -0.05) is 342 Å². The highest BCUT2D eigenvalue weighted by molar-refractivity contribution is 5.97. The number of esters is 2. The third-order valence-electron chi connectivity index (χ3n) is 25.2. The summed E-state index contributed by atoms with van der Waals surface area (Å²) in [6.45, 7) is 29.4. The average molecular weight is 1900 g/mol. The Hall–Kier alpha value is -8.69. The van der Waals surface area contributed by atoms with Crippen LogP contribution in [0.3, 0.4) is 0 Å². The number of hydrogen-bond donors (Lipinski definition) is 5. The monoisotopic (exact) mass is 1900 g/mol. The fraction of sp³-hybridized carbons (Fsp3) is 0.687. The molecule has 5 rings (SSSR count). The van der Waals surface area contributed by atoms with Gasteiger partial charge in [-0.2, -0.15) is 0 Å². The molecule has 0 fully saturated rings. The van der Waals surface area contributed by atoms with Gasteiger partial charge in [0.25, 0.3) is 5.91 Å².